The topological polar surface area (TPSA) is 32.3 Å². The Labute approximate surface area is 85.9 Å². The summed E-state index contributed by atoms with van der Waals surface area (Å²) in [6, 6.07) is 0.470. The fourth-order valence-corrected chi connectivity index (χ4v) is 1.65. The van der Waals surface area contributed by atoms with Crippen LogP contribution in [0, 0.1) is 11.8 Å². The second-order valence-electron chi connectivity index (χ2n) is 3.57. The number of likely N-dealkylation sites (tertiary alicyclic amines) is 1. The van der Waals surface area contributed by atoms with E-state index in [0.29, 0.717) is 6.04 Å². The summed E-state index contributed by atoms with van der Waals surface area (Å²) in [4.78, 5) is 13.2. The lowest BCUT2D eigenvalue weighted by molar-refractivity contribution is -0.124. The van der Waals surface area contributed by atoms with Crippen molar-refractivity contribution >= 4 is 5.91 Å². The largest absolute Gasteiger partial charge is 0.330 e. The van der Waals surface area contributed by atoms with E-state index in [1.54, 1.807) is 6.92 Å². The molecule has 78 valence electrons. The van der Waals surface area contributed by atoms with Crippen molar-refractivity contribution in [3.05, 3.63) is 0 Å². The Hall–Kier alpha value is -1.01. The Morgan fingerprint density at radius 1 is 1.64 bits per heavy atom. The van der Waals surface area contributed by atoms with Crippen LogP contribution in [-0.4, -0.2) is 36.5 Å². The number of nitrogens with one attached hydrogen (secondary N) is 1. The summed E-state index contributed by atoms with van der Waals surface area (Å²) in [6.07, 6.45) is 2.19. The molecule has 0 spiro atoms. The molecule has 1 rings (SSSR count). The minimum absolute atomic E-state index is 0.0340. The first-order valence-corrected chi connectivity index (χ1v) is 5.23. The maximum Gasteiger partial charge on any atom is 0.298 e. The van der Waals surface area contributed by atoms with Gasteiger partial charge in [-0.1, -0.05) is 12.8 Å². The highest BCUT2D eigenvalue weighted by Crippen LogP contribution is 2.08. The maximum atomic E-state index is 11.4. The SMILES string of the molecule is CC#CC(=O)N1CC[C@H](NCCC)C1. The molecule has 1 saturated heterocycles. The van der Waals surface area contributed by atoms with Crippen LogP contribution in [0.5, 0.6) is 0 Å². The van der Waals surface area contributed by atoms with Crippen LogP contribution in [0.3, 0.4) is 0 Å². The summed E-state index contributed by atoms with van der Waals surface area (Å²) >= 11 is 0. The predicted octanol–water partition coefficient (Wildman–Crippen LogP) is 0.610. The molecular formula is C11H18N2O. The van der Waals surface area contributed by atoms with Crippen molar-refractivity contribution < 1.29 is 4.79 Å². The van der Waals surface area contributed by atoms with E-state index in [4.69, 9.17) is 0 Å². The second kappa shape index (κ2) is 5.66. The normalized spacial score (nSPS) is 20.4. The highest BCUT2D eigenvalue weighted by Gasteiger charge is 2.24. The maximum absolute atomic E-state index is 11.4. The molecule has 1 N–H and O–H groups in total. The van der Waals surface area contributed by atoms with Crippen LogP contribution >= 0.6 is 0 Å². The molecule has 0 bridgehead atoms. The van der Waals surface area contributed by atoms with E-state index in [1.165, 1.54) is 0 Å². The van der Waals surface area contributed by atoms with Gasteiger partial charge in [-0.2, -0.15) is 0 Å². The molecule has 1 heterocycles. The third-order valence-electron chi connectivity index (χ3n) is 2.39. The van der Waals surface area contributed by atoms with Crippen LogP contribution in [0.4, 0.5) is 0 Å². The standard InChI is InChI=1S/C11H18N2O/c1-3-5-11(14)13-8-6-10(9-13)12-7-4-2/h10,12H,4,6-9H2,1-2H3/t10-/m0/s1. The zero-order valence-electron chi connectivity index (χ0n) is 8.97. The van der Waals surface area contributed by atoms with E-state index in [-0.39, 0.29) is 5.91 Å². The monoisotopic (exact) mass is 194 g/mol. The summed E-state index contributed by atoms with van der Waals surface area (Å²) in [5.41, 5.74) is 0. The molecule has 0 aromatic heterocycles. The smallest absolute Gasteiger partial charge is 0.298 e. The first-order chi connectivity index (χ1) is 6.77. The average Bonchev–Trinajstić information content (AvgIpc) is 2.63. The molecule has 0 radical (unpaired) electrons. The fourth-order valence-electron chi connectivity index (χ4n) is 1.65. The van der Waals surface area contributed by atoms with Crippen molar-refractivity contribution in [3.63, 3.8) is 0 Å². The summed E-state index contributed by atoms with van der Waals surface area (Å²) in [5.74, 6) is 5.18. The second-order valence-corrected chi connectivity index (χ2v) is 3.57. The molecule has 1 amide bonds. The van der Waals surface area contributed by atoms with Crippen LogP contribution in [0.1, 0.15) is 26.7 Å². The van der Waals surface area contributed by atoms with Gasteiger partial charge in [0.2, 0.25) is 0 Å². The Bertz CT molecular complexity index is 252. The third-order valence-corrected chi connectivity index (χ3v) is 2.39. The van der Waals surface area contributed by atoms with Gasteiger partial charge < -0.3 is 10.2 Å². The molecule has 3 heteroatoms. The summed E-state index contributed by atoms with van der Waals surface area (Å²) in [6.45, 7) is 6.53. The molecule has 0 unspecified atom stereocenters. The van der Waals surface area contributed by atoms with Gasteiger partial charge in [-0.15, -0.1) is 0 Å². The lowest BCUT2D eigenvalue weighted by Gasteiger charge is -2.13. The number of carbonyl (C=O) groups excluding carboxylic acids is 1. The highest BCUT2D eigenvalue weighted by atomic mass is 16.2. The van der Waals surface area contributed by atoms with Crippen molar-refractivity contribution in [2.45, 2.75) is 32.7 Å². The molecule has 0 saturated carbocycles. The molecule has 0 aromatic carbocycles. The third kappa shape index (κ3) is 3.04. The van der Waals surface area contributed by atoms with E-state index in [2.05, 4.69) is 24.1 Å². The van der Waals surface area contributed by atoms with Crippen LogP contribution in [0.15, 0.2) is 0 Å². The number of rotatable bonds is 3. The van der Waals surface area contributed by atoms with Gasteiger partial charge in [-0.05, 0) is 32.2 Å². The van der Waals surface area contributed by atoms with Crippen LogP contribution in [-0.2, 0) is 4.79 Å². The highest BCUT2D eigenvalue weighted by molar-refractivity contribution is 5.93. The van der Waals surface area contributed by atoms with Gasteiger partial charge >= 0.3 is 0 Å². The molecule has 1 aliphatic rings. The Morgan fingerprint density at radius 2 is 2.43 bits per heavy atom. The van der Waals surface area contributed by atoms with Gasteiger partial charge in [0, 0.05) is 19.1 Å². The van der Waals surface area contributed by atoms with Crippen LogP contribution < -0.4 is 5.32 Å². The Kier molecular flexibility index (Phi) is 4.48. The summed E-state index contributed by atoms with van der Waals surface area (Å²) < 4.78 is 0. The van der Waals surface area contributed by atoms with Gasteiger partial charge in [-0.3, -0.25) is 4.79 Å². The zero-order chi connectivity index (χ0) is 10.4. The fraction of sp³-hybridized carbons (Fsp3) is 0.727. The summed E-state index contributed by atoms with van der Waals surface area (Å²) in [5, 5.41) is 3.42. The minimum Gasteiger partial charge on any atom is -0.330 e. The number of nitrogens with zero attached hydrogens (tertiary/aromatic N) is 1. The number of carbonyl (C=O) groups is 1. The molecular weight excluding hydrogens is 176 g/mol. The quantitative estimate of drug-likeness (QED) is 0.668. The van der Waals surface area contributed by atoms with E-state index in [9.17, 15) is 4.79 Å². The van der Waals surface area contributed by atoms with E-state index < -0.39 is 0 Å². The Balaban J connectivity index is 2.32. The molecule has 14 heavy (non-hydrogen) atoms. The molecule has 1 aliphatic heterocycles. The van der Waals surface area contributed by atoms with Gasteiger partial charge in [-0.25, -0.2) is 0 Å². The van der Waals surface area contributed by atoms with Gasteiger partial charge in [0.25, 0.3) is 5.91 Å². The lowest BCUT2D eigenvalue weighted by atomic mass is 10.2. The van der Waals surface area contributed by atoms with E-state index in [0.717, 1.165) is 32.5 Å². The molecule has 0 aromatic rings. The van der Waals surface area contributed by atoms with Crippen molar-refractivity contribution in [1.29, 1.82) is 0 Å². The lowest BCUT2D eigenvalue weighted by Crippen LogP contribution is -2.34. The van der Waals surface area contributed by atoms with Crippen molar-refractivity contribution in [2.24, 2.45) is 0 Å². The zero-order valence-corrected chi connectivity index (χ0v) is 8.97. The first kappa shape index (κ1) is 11.1. The molecule has 3 nitrogen and oxygen atoms in total. The van der Waals surface area contributed by atoms with Crippen LogP contribution in [0.2, 0.25) is 0 Å². The van der Waals surface area contributed by atoms with E-state index in [1.807, 2.05) is 4.90 Å². The molecule has 1 fully saturated rings. The van der Waals surface area contributed by atoms with Gasteiger partial charge in [0.05, 0.1) is 0 Å². The van der Waals surface area contributed by atoms with Gasteiger partial charge in [0.15, 0.2) is 0 Å². The molecule has 1 atom stereocenters. The number of amides is 1. The van der Waals surface area contributed by atoms with E-state index >= 15 is 0 Å². The minimum atomic E-state index is -0.0340. The summed E-state index contributed by atoms with van der Waals surface area (Å²) in [7, 11) is 0. The molecule has 0 aliphatic carbocycles. The first-order valence-electron chi connectivity index (χ1n) is 5.23. The van der Waals surface area contributed by atoms with Gasteiger partial charge in [0.1, 0.15) is 0 Å². The van der Waals surface area contributed by atoms with Crippen molar-refractivity contribution in [2.75, 3.05) is 19.6 Å². The number of hydrogen-bond donors (Lipinski definition) is 1. The average molecular weight is 194 g/mol. The van der Waals surface area contributed by atoms with Crippen molar-refractivity contribution in [1.82, 2.24) is 10.2 Å². The Morgan fingerprint density at radius 3 is 3.07 bits per heavy atom. The predicted molar refractivity (Wildman–Crippen MR) is 56.7 cm³/mol. The number of hydrogen-bond acceptors (Lipinski definition) is 2. The van der Waals surface area contributed by atoms with Crippen molar-refractivity contribution in [3.8, 4) is 11.8 Å². The van der Waals surface area contributed by atoms with Crippen LogP contribution in [0.25, 0.3) is 0 Å².